The number of thiazole rings is 1. The SMILES string of the molecule is Cc1nc2sccn2c1CNc1cccc(CO)c1. The minimum absolute atomic E-state index is 0.0655. The Kier molecular flexibility index (Phi) is 3.23. The van der Waals surface area contributed by atoms with Crippen LogP contribution in [0.1, 0.15) is 17.0 Å². The molecule has 98 valence electrons. The molecule has 0 aliphatic carbocycles. The fourth-order valence-electron chi connectivity index (χ4n) is 2.12. The summed E-state index contributed by atoms with van der Waals surface area (Å²) in [5.74, 6) is 0. The number of aliphatic hydroxyl groups is 1. The predicted molar refractivity (Wildman–Crippen MR) is 77.5 cm³/mol. The summed E-state index contributed by atoms with van der Waals surface area (Å²) >= 11 is 1.64. The first-order valence-corrected chi connectivity index (χ1v) is 7.00. The summed E-state index contributed by atoms with van der Waals surface area (Å²) in [5.41, 5.74) is 4.15. The molecule has 3 rings (SSSR count). The Labute approximate surface area is 115 Å². The quantitative estimate of drug-likeness (QED) is 0.768. The number of hydrogen-bond acceptors (Lipinski definition) is 4. The van der Waals surface area contributed by atoms with Crippen molar-refractivity contribution in [1.82, 2.24) is 9.38 Å². The molecule has 0 amide bonds. The van der Waals surface area contributed by atoms with E-state index in [9.17, 15) is 0 Å². The maximum Gasteiger partial charge on any atom is 0.194 e. The third kappa shape index (κ3) is 2.34. The lowest BCUT2D eigenvalue weighted by Crippen LogP contribution is -2.03. The summed E-state index contributed by atoms with van der Waals surface area (Å²) in [7, 11) is 0. The van der Waals surface area contributed by atoms with Crippen LogP contribution in [0, 0.1) is 6.92 Å². The average Bonchev–Trinajstić information content (AvgIpc) is 2.97. The summed E-state index contributed by atoms with van der Waals surface area (Å²) in [4.78, 5) is 5.55. The van der Waals surface area contributed by atoms with E-state index in [4.69, 9.17) is 5.11 Å². The van der Waals surface area contributed by atoms with Gasteiger partial charge in [0.05, 0.1) is 24.5 Å². The molecule has 4 nitrogen and oxygen atoms in total. The Morgan fingerprint density at radius 1 is 1.42 bits per heavy atom. The van der Waals surface area contributed by atoms with E-state index >= 15 is 0 Å². The van der Waals surface area contributed by atoms with Gasteiger partial charge in [-0.2, -0.15) is 0 Å². The highest BCUT2D eigenvalue weighted by molar-refractivity contribution is 7.15. The zero-order valence-corrected chi connectivity index (χ0v) is 11.4. The van der Waals surface area contributed by atoms with Gasteiger partial charge in [-0.15, -0.1) is 11.3 Å². The van der Waals surface area contributed by atoms with Gasteiger partial charge in [0.1, 0.15) is 0 Å². The molecule has 2 aromatic heterocycles. The van der Waals surface area contributed by atoms with Crippen LogP contribution in [0.25, 0.3) is 4.96 Å². The number of imidazole rings is 1. The van der Waals surface area contributed by atoms with E-state index in [-0.39, 0.29) is 6.61 Å². The number of anilines is 1. The fourth-order valence-corrected chi connectivity index (χ4v) is 2.90. The molecule has 2 N–H and O–H groups in total. The Bertz CT molecular complexity index is 702. The van der Waals surface area contributed by atoms with Crippen LogP contribution in [0.5, 0.6) is 0 Å². The maximum atomic E-state index is 9.13. The fraction of sp³-hybridized carbons (Fsp3) is 0.214. The Balaban J connectivity index is 1.81. The topological polar surface area (TPSA) is 49.6 Å². The number of aromatic nitrogens is 2. The number of rotatable bonds is 4. The minimum atomic E-state index is 0.0655. The molecule has 0 aliphatic heterocycles. The maximum absolute atomic E-state index is 9.13. The average molecular weight is 273 g/mol. The molecule has 0 spiro atoms. The molecule has 0 aliphatic rings. The van der Waals surface area contributed by atoms with Gasteiger partial charge >= 0.3 is 0 Å². The van der Waals surface area contributed by atoms with Crippen LogP contribution < -0.4 is 5.32 Å². The van der Waals surface area contributed by atoms with Gasteiger partial charge in [-0.05, 0) is 24.6 Å². The zero-order valence-electron chi connectivity index (χ0n) is 10.6. The van der Waals surface area contributed by atoms with Crippen LogP contribution in [0.3, 0.4) is 0 Å². The Morgan fingerprint density at radius 2 is 2.32 bits per heavy atom. The van der Waals surface area contributed by atoms with Crippen molar-refractivity contribution in [2.75, 3.05) is 5.32 Å². The molecule has 2 heterocycles. The second-order valence-electron chi connectivity index (χ2n) is 4.41. The van der Waals surface area contributed by atoms with Crippen LogP contribution in [0.15, 0.2) is 35.8 Å². The molecular weight excluding hydrogens is 258 g/mol. The number of nitrogens with one attached hydrogen (secondary N) is 1. The van der Waals surface area contributed by atoms with Crippen molar-refractivity contribution in [3.8, 4) is 0 Å². The molecule has 3 aromatic rings. The van der Waals surface area contributed by atoms with E-state index in [1.807, 2.05) is 42.8 Å². The largest absolute Gasteiger partial charge is 0.392 e. The molecular formula is C14H15N3OS. The van der Waals surface area contributed by atoms with Gasteiger partial charge in [0.15, 0.2) is 4.96 Å². The van der Waals surface area contributed by atoms with Gasteiger partial charge in [0, 0.05) is 17.3 Å². The first kappa shape index (κ1) is 12.2. The minimum Gasteiger partial charge on any atom is -0.392 e. The van der Waals surface area contributed by atoms with Crippen LogP contribution in [0.2, 0.25) is 0 Å². The molecule has 0 fully saturated rings. The van der Waals surface area contributed by atoms with Crippen LogP contribution in [0.4, 0.5) is 5.69 Å². The summed E-state index contributed by atoms with van der Waals surface area (Å²) in [6.45, 7) is 2.81. The molecule has 0 unspecified atom stereocenters. The number of hydrogen-bond donors (Lipinski definition) is 2. The molecule has 5 heteroatoms. The van der Waals surface area contributed by atoms with Crippen LogP contribution in [-0.4, -0.2) is 14.5 Å². The molecule has 1 aromatic carbocycles. The Morgan fingerprint density at radius 3 is 3.16 bits per heavy atom. The zero-order chi connectivity index (χ0) is 13.2. The van der Waals surface area contributed by atoms with Crippen molar-refractivity contribution in [1.29, 1.82) is 0 Å². The van der Waals surface area contributed by atoms with Gasteiger partial charge in [-0.3, -0.25) is 4.40 Å². The van der Waals surface area contributed by atoms with Gasteiger partial charge in [-0.1, -0.05) is 12.1 Å². The van der Waals surface area contributed by atoms with Gasteiger partial charge in [0.25, 0.3) is 0 Å². The molecule has 0 radical (unpaired) electrons. The summed E-state index contributed by atoms with van der Waals surface area (Å²) in [5, 5.41) is 14.5. The lowest BCUT2D eigenvalue weighted by Gasteiger charge is -2.07. The number of aryl methyl sites for hydroxylation is 1. The van der Waals surface area contributed by atoms with Crippen LogP contribution in [-0.2, 0) is 13.2 Å². The van der Waals surface area contributed by atoms with Gasteiger partial charge < -0.3 is 10.4 Å². The molecule has 0 saturated heterocycles. The highest BCUT2D eigenvalue weighted by Gasteiger charge is 2.08. The third-order valence-corrected chi connectivity index (χ3v) is 3.89. The third-order valence-electron chi connectivity index (χ3n) is 3.13. The van der Waals surface area contributed by atoms with Gasteiger partial charge in [0.2, 0.25) is 0 Å². The summed E-state index contributed by atoms with van der Waals surface area (Å²) in [6.07, 6.45) is 2.04. The van der Waals surface area contributed by atoms with E-state index in [2.05, 4.69) is 14.7 Å². The lowest BCUT2D eigenvalue weighted by atomic mass is 10.2. The summed E-state index contributed by atoms with van der Waals surface area (Å²) in [6, 6.07) is 7.81. The van der Waals surface area contributed by atoms with Crippen molar-refractivity contribution in [3.05, 3.63) is 52.8 Å². The Hall–Kier alpha value is -1.85. The number of aliphatic hydroxyl groups excluding tert-OH is 1. The van der Waals surface area contributed by atoms with Crippen molar-refractivity contribution >= 4 is 22.0 Å². The predicted octanol–water partition coefficient (Wildman–Crippen LogP) is 2.81. The van der Waals surface area contributed by atoms with Crippen LogP contribution >= 0.6 is 11.3 Å². The van der Waals surface area contributed by atoms with Gasteiger partial charge in [-0.25, -0.2) is 4.98 Å². The monoisotopic (exact) mass is 273 g/mol. The van der Waals surface area contributed by atoms with Crippen molar-refractivity contribution < 1.29 is 5.11 Å². The smallest absolute Gasteiger partial charge is 0.194 e. The standard InChI is InChI=1S/C14H15N3OS/c1-10-13(17-5-6-19-14(17)16-10)8-15-12-4-2-3-11(7-12)9-18/h2-7,15,18H,8-9H2,1H3. The van der Waals surface area contributed by atoms with E-state index < -0.39 is 0 Å². The van der Waals surface area contributed by atoms with E-state index in [1.54, 1.807) is 11.3 Å². The molecule has 19 heavy (non-hydrogen) atoms. The van der Waals surface area contributed by atoms with E-state index in [0.29, 0.717) is 0 Å². The highest BCUT2D eigenvalue weighted by Crippen LogP contribution is 2.18. The molecule has 0 bridgehead atoms. The molecule has 0 saturated carbocycles. The highest BCUT2D eigenvalue weighted by atomic mass is 32.1. The molecule has 0 atom stereocenters. The number of fused-ring (bicyclic) bond motifs is 1. The van der Waals surface area contributed by atoms with E-state index in [1.165, 1.54) is 5.69 Å². The normalized spacial score (nSPS) is 11.1. The number of nitrogens with zero attached hydrogens (tertiary/aromatic N) is 2. The first-order chi connectivity index (χ1) is 9.28. The lowest BCUT2D eigenvalue weighted by molar-refractivity contribution is 0.282. The van der Waals surface area contributed by atoms with E-state index in [0.717, 1.165) is 28.5 Å². The second-order valence-corrected chi connectivity index (χ2v) is 5.28. The second kappa shape index (κ2) is 5.03. The van der Waals surface area contributed by atoms with Crippen molar-refractivity contribution in [2.24, 2.45) is 0 Å². The number of benzene rings is 1. The van der Waals surface area contributed by atoms with Crippen molar-refractivity contribution in [3.63, 3.8) is 0 Å². The van der Waals surface area contributed by atoms with Crippen molar-refractivity contribution in [2.45, 2.75) is 20.1 Å². The summed E-state index contributed by atoms with van der Waals surface area (Å²) < 4.78 is 2.11. The first-order valence-electron chi connectivity index (χ1n) is 6.12.